The first-order valence-electron chi connectivity index (χ1n) is 8.97. The van der Waals surface area contributed by atoms with Gasteiger partial charge in [-0.15, -0.1) is 0 Å². The minimum Gasteiger partial charge on any atom is -0.359 e. The number of nitrogens with one attached hydrogen (secondary N) is 3. The average Bonchev–Trinajstić information content (AvgIpc) is 2.65. The molecule has 0 saturated carbocycles. The van der Waals surface area contributed by atoms with E-state index in [9.17, 15) is 22.8 Å². The van der Waals surface area contributed by atoms with Gasteiger partial charge >= 0.3 is 6.18 Å². The van der Waals surface area contributed by atoms with Crippen LogP contribution in [-0.2, 0) is 22.3 Å². The maximum absolute atomic E-state index is 12.9. The third-order valence-electron chi connectivity index (χ3n) is 4.12. The first-order chi connectivity index (χ1) is 13.4. The van der Waals surface area contributed by atoms with Gasteiger partial charge in [0.15, 0.2) is 5.96 Å². The summed E-state index contributed by atoms with van der Waals surface area (Å²) in [4.78, 5) is 29.4. The van der Waals surface area contributed by atoms with Crippen molar-refractivity contribution in [1.82, 2.24) is 20.9 Å². The Hall–Kier alpha value is -2.78. The number of rotatable bonds is 7. The molecule has 0 unspecified atom stereocenters. The van der Waals surface area contributed by atoms with E-state index in [-0.39, 0.29) is 37.4 Å². The first kappa shape index (κ1) is 24.3. The number of alkyl halides is 3. The molecule has 0 aliphatic rings. The fourth-order valence-electron chi connectivity index (χ4n) is 2.23. The summed E-state index contributed by atoms with van der Waals surface area (Å²) in [5.74, 6) is -0.176. The maximum atomic E-state index is 12.9. The van der Waals surface area contributed by atoms with Crippen molar-refractivity contribution < 1.29 is 22.8 Å². The molecule has 0 saturated heterocycles. The molecule has 0 spiro atoms. The van der Waals surface area contributed by atoms with E-state index in [2.05, 4.69) is 20.9 Å². The van der Waals surface area contributed by atoms with Gasteiger partial charge in [-0.1, -0.05) is 12.1 Å². The van der Waals surface area contributed by atoms with Crippen molar-refractivity contribution >= 4 is 17.8 Å². The Morgan fingerprint density at radius 2 is 1.79 bits per heavy atom. The van der Waals surface area contributed by atoms with Crippen LogP contribution in [0.2, 0.25) is 0 Å². The number of halogens is 3. The first-order valence-corrected chi connectivity index (χ1v) is 8.97. The second-order valence-corrected chi connectivity index (χ2v) is 7.32. The topological polar surface area (TPSA) is 85.8 Å². The van der Waals surface area contributed by atoms with Crippen LogP contribution in [0.15, 0.2) is 29.3 Å². The summed E-state index contributed by atoms with van der Waals surface area (Å²) >= 11 is 0. The number of carbonyl (C=O) groups is 2. The molecule has 0 heterocycles. The number of benzene rings is 1. The molecule has 10 heteroatoms. The molecule has 0 radical (unpaired) electrons. The number of guanidine groups is 1. The lowest BCUT2D eigenvalue weighted by molar-refractivity contribution is -0.137. The Labute approximate surface area is 168 Å². The van der Waals surface area contributed by atoms with E-state index >= 15 is 0 Å². The molecule has 0 aliphatic carbocycles. The highest BCUT2D eigenvalue weighted by Gasteiger charge is 2.30. The van der Waals surface area contributed by atoms with Gasteiger partial charge in [-0.2, -0.15) is 13.2 Å². The van der Waals surface area contributed by atoms with Gasteiger partial charge in [-0.25, -0.2) is 4.99 Å². The fraction of sp³-hybridized carbons (Fsp3) is 0.526. The molecule has 1 rings (SSSR count). The predicted molar refractivity (Wildman–Crippen MR) is 105 cm³/mol. The predicted octanol–water partition coefficient (Wildman–Crippen LogP) is 1.60. The van der Waals surface area contributed by atoms with Crippen LogP contribution >= 0.6 is 0 Å². The van der Waals surface area contributed by atoms with Crippen molar-refractivity contribution in [3.05, 3.63) is 35.4 Å². The summed E-state index contributed by atoms with van der Waals surface area (Å²) in [6, 6.07) is 4.88. The van der Waals surface area contributed by atoms with Gasteiger partial charge in [0.05, 0.1) is 24.1 Å². The number of aliphatic imine (C=N–C) groups is 1. The Balaban J connectivity index is 2.95. The van der Waals surface area contributed by atoms with Crippen molar-refractivity contribution in [1.29, 1.82) is 0 Å². The second kappa shape index (κ2) is 10.1. The molecule has 0 aliphatic heterocycles. The Morgan fingerprint density at radius 3 is 2.34 bits per heavy atom. The quantitative estimate of drug-likeness (QED) is 0.467. The van der Waals surface area contributed by atoms with Gasteiger partial charge in [-0.05, 0) is 31.5 Å². The molecule has 3 N–H and O–H groups in total. The Kier molecular flexibility index (Phi) is 8.47. The molecule has 29 heavy (non-hydrogen) atoms. The van der Waals surface area contributed by atoms with E-state index in [1.165, 1.54) is 24.1 Å². The van der Waals surface area contributed by atoms with Crippen LogP contribution in [0, 0.1) is 5.41 Å². The van der Waals surface area contributed by atoms with Crippen molar-refractivity contribution in [3.8, 4) is 0 Å². The highest BCUT2D eigenvalue weighted by molar-refractivity contribution is 5.87. The number of likely N-dealkylation sites (N-methyl/N-ethyl adjacent to an activating group) is 1. The second-order valence-electron chi connectivity index (χ2n) is 7.32. The molecule has 7 nitrogen and oxygen atoms in total. The molecule has 2 amide bonds. The molecular weight excluding hydrogens is 387 g/mol. The SMILES string of the molecule is CNC(=O)C(C)(C)CNC(=NCc1cccc(C(F)(F)F)c1)NCC(=O)N(C)C. The van der Waals surface area contributed by atoms with Crippen molar-refractivity contribution in [2.45, 2.75) is 26.6 Å². The number of hydrogen-bond acceptors (Lipinski definition) is 3. The van der Waals surface area contributed by atoms with Gasteiger partial charge in [0.1, 0.15) is 0 Å². The summed E-state index contributed by atoms with van der Waals surface area (Å²) in [6.45, 7) is 3.58. The average molecular weight is 415 g/mol. The molecule has 0 atom stereocenters. The molecule has 1 aromatic carbocycles. The van der Waals surface area contributed by atoms with Crippen molar-refractivity contribution in [3.63, 3.8) is 0 Å². The lowest BCUT2D eigenvalue weighted by Crippen LogP contribution is -2.48. The van der Waals surface area contributed by atoms with Crippen LogP contribution in [0.25, 0.3) is 0 Å². The van der Waals surface area contributed by atoms with Crippen LogP contribution in [0.4, 0.5) is 13.2 Å². The molecule has 162 valence electrons. The summed E-state index contributed by atoms with van der Waals surface area (Å²) < 4.78 is 38.6. The standard InChI is InChI=1S/C19H28F3N5O2/c1-18(2,16(29)23-3)12-26-17(25-11-15(28)27(4)5)24-10-13-7-6-8-14(9-13)19(20,21)22/h6-9H,10-12H2,1-5H3,(H,23,29)(H2,24,25,26). The number of nitrogens with zero attached hydrogens (tertiary/aromatic N) is 2. The van der Waals surface area contributed by atoms with Crippen LogP contribution in [0.1, 0.15) is 25.0 Å². The van der Waals surface area contributed by atoms with E-state index in [0.717, 1.165) is 12.1 Å². The van der Waals surface area contributed by atoms with Crippen LogP contribution in [0.5, 0.6) is 0 Å². The Morgan fingerprint density at radius 1 is 1.14 bits per heavy atom. The highest BCUT2D eigenvalue weighted by Crippen LogP contribution is 2.29. The lowest BCUT2D eigenvalue weighted by Gasteiger charge is -2.24. The minimum absolute atomic E-state index is 0.0319. The highest BCUT2D eigenvalue weighted by atomic mass is 19.4. The third-order valence-corrected chi connectivity index (χ3v) is 4.12. The van der Waals surface area contributed by atoms with Gasteiger partial charge in [0, 0.05) is 27.7 Å². The monoisotopic (exact) mass is 415 g/mol. The largest absolute Gasteiger partial charge is 0.416 e. The smallest absolute Gasteiger partial charge is 0.359 e. The van der Waals surface area contributed by atoms with Gasteiger partial charge in [0.25, 0.3) is 0 Å². The molecule has 0 aromatic heterocycles. The maximum Gasteiger partial charge on any atom is 0.416 e. The van der Waals surface area contributed by atoms with Crippen LogP contribution < -0.4 is 16.0 Å². The number of amides is 2. The minimum atomic E-state index is -4.44. The van der Waals surface area contributed by atoms with E-state index in [1.807, 2.05) is 0 Å². The van der Waals surface area contributed by atoms with E-state index in [4.69, 9.17) is 0 Å². The zero-order chi connectivity index (χ0) is 22.2. The van der Waals surface area contributed by atoms with Crippen molar-refractivity contribution in [2.24, 2.45) is 10.4 Å². The third kappa shape index (κ3) is 8.00. The van der Waals surface area contributed by atoms with Gasteiger partial charge in [-0.3, -0.25) is 9.59 Å². The number of hydrogen-bond donors (Lipinski definition) is 3. The lowest BCUT2D eigenvalue weighted by atomic mass is 9.92. The Bertz CT molecular complexity index is 746. The zero-order valence-electron chi connectivity index (χ0n) is 17.3. The van der Waals surface area contributed by atoms with Crippen LogP contribution in [0.3, 0.4) is 0 Å². The van der Waals surface area contributed by atoms with Crippen molar-refractivity contribution in [2.75, 3.05) is 34.2 Å². The summed E-state index contributed by atoms with van der Waals surface area (Å²) in [6.07, 6.45) is -4.44. The van der Waals surface area contributed by atoms with E-state index < -0.39 is 17.2 Å². The molecule has 1 aromatic rings. The fourth-order valence-corrected chi connectivity index (χ4v) is 2.23. The van der Waals surface area contributed by atoms with Crippen LogP contribution in [-0.4, -0.2) is 56.9 Å². The molecule has 0 bridgehead atoms. The van der Waals surface area contributed by atoms with E-state index in [1.54, 1.807) is 27.9 Å². The zero-order valence-corrected chi connectivity index (χ0v) is 17.3. The van der Waals surface area contributed by atoms with E-state index in [0.29, 0.717) is 5.56 Å². The molecule has 0 fully saturated rings. The normalized spacial score (nSPS) is 12.3. The summed E-state index contributed by atoms with van der Waals surface area (Å²) in [5, 5.41) is 8.37. The number of carbonyl (C=O) groups excluding carboxylic acids is 2. The van der Waals surface area contributed by atoms with Gasteiger partial charge < -0.3 is 20.9 Å². The summed E-state index contributed by atoms with van der Waals surface area (Å²) in [5.41, 5.74) is -1.15. The molecular formula is C19H28F3N5O2. The van der Waals surface area contributed by atoms with Gasteiger partial charge in [0.2, 0.25) is 11.8 Å². The summed E-state index contributed by atoms with van der Waals surface area (Å²) in [7, 11) is 4.73.